The highest BCUT2D eigenvalue weighted by Gasteiger charge is 2.16. The molecule has 0 aliphatic carbocycles. The standard InChI is InChI=1S/C6H15N3/c1-6(2,3)5(8-4)9-7/h7H2,1-4H3,(H,8,9). The van der Waals surface area contributed by atoms with Crippen molar-refractivity contribution >= 4 is 5.84 Å². The number of hydrogen-bond acceptors (Lipinski definition) is 2. The van der Waals surface area contributed by atoms with Gasteiger partial charge in [-0.25, -0.2) is 5.84 Å². The Morgan fingerprint density at radius 1 is 1.44 bits per heavy atom. The first-order valence-corrected chi connectivity index (χ1v) is 2.96. The second-order valence-corrected chi connectivity index (χ2v) is 2.97. The van der Waals surface area contributed by atoms with Crippen molar-refractivity contribution in [1.29, 1.82) is 0 Å². The SMILES string of the molecule is CN=C(NN)C(C)(C)C. The number of nitrogens with one attached hydrogen (secondary N) is 1. The predicted octanol–water partition coefficient (Wildman–Crippen LogP) is 0.524. The van der Waals surface area contributed by atoms with Crippen molar-refractivity contribution in [2.75, 3.05) is 7.05 Å². The minimum absolute atomic E-state index is 0.0312. The minimum atomic E-state index is 0.0312. The van der Waals surface area contributed by atoms with E-state index in [4.69, 9.17) is 5.84 Å². The number of nitrogens with two attached hydrogens (primary N) is 1. The van der Waals surface area contributed by atoms with Gasteiger partial charge in [0.15, 0.2) is 0 Å². The van der Waals surface area contributed by atoms with Gasteiger partial charge in [-0.3, -0.25) is 4.99 Å². The second-order valence-electron chi connectivity index (χ2n) is 2.97. The van der Waals surface area contributed by atoms with Crippen LogP contribution in [0.15, 0.2) is 4.99 Å². The molecule has 0 spiro atoms. The van der Waals surface area contributed by atoms with E-state index in [0.717, 1.165) is 5.84 Å². The Hall–Kier alpha value is -0.570. The Kier molecular flexibility index (Phi) is 2.65. The monoisotopic (exact) mass is 129 g/mol. The molecule has 0 amide bonds. The number of amidine groups is 1. The van der Waals surface area contributed by atoms with Crippen molar-refractivity contribution < 1.29 is 0 Å². The Balaban J connectivity index is 4.14. The number of nitrogens with zero attached hydrogens (tertiary/aromatic N) is 1. The minimum Gasteiger partial charge on any atom is -0.312 e. The summed E-state index contributed by atoms with van der Waals surface area (Å²) in [5, 5.41) is 0. The molecule has 0 fully saturated rings. The topological polar surface area (TPSA) is 50.4 Å². The number of rotatable bonds is 0. The quantitative estimate of drug-likeness (QED) is 0.217. The van der Waals surface area contributed by atoms with E-state index in [9.17, 15) is 0 Å². The molecule has 3 N–H and O–H groups in total. The molecule has 0 aliphatic heterocycles. The molecular formula is C6H15N3. The lowest BCUT2D eigenvalue weighted by molar-refractivity contribution is 0.565. The summed E-state index contributed by atoms with van der Waals surface area (Å²) < 4.78 is 0. The van der Waals surface area contributed by atoms with Gasteiger partial charge in [0.2, 0.25) is 0 Å². The first kappa shape index (κ1) is 8.43. The van der Waals surface area contributed by atoms with Crippen molar-refractivity contribution in [1.82, 2.24) is 5.43 Å². The van der Waals surface area contributed by atoms with Crippen LogP contribution in [0.25, 0.3) is 0 Å². The van der Waals surface area contributed by atoms with Gasteiger partial charge >= 0.3 is 0 Å². The molecule has 0 unspecified atom stereocenters. The first-order valence-electron chi connectivity index (χ1n) is 2.96. The Morgan fingerprint density at radius 2 is 1.89 bits per heavy atom. The van der Waals surface area contributed by atoms with Crippen LogP contribution < -0.4 is 11.3 Å². The zero-order valence-electron chi connectivity index (χ0n) is 6.52. The summed E-state index contributed by atoms with van der Waals surface area (Å²) >= 11 is 0. The van der Waals surface area contributed by atoms with E-state index < -0.39 is 0 Å². The van der Waals surface area contributed by atoms with E-state index in [0.29, 0.717) is 0 Å². The zero-order valence-corrected chi connectivity index (χ0v) is 6.52. The van der Waals surface area contributed by atoms with Crippen LogP contribution in [0.4, 0.5) is 0 Å². The molecule has 0 saturated heterocycles. The summed E-state index contributed by atoms with van der Waals surface area (Å²) in [4.78, 5) is 3.96. The van der Waals surface area contributed by atoms with Crippen molar-refractivity contribution in [3.63, 3.8) is 0 Å². The van der Waals surface area contributed by atoms with E-state index in [1.807, 2.05) is 0 Å². The molecule has 0 radical (unpaired) electrons. The van der Waals surface area contributed by atoms with Gasteiger partial charge in [0.25, 0.3) is 0 Å². The molecule has 54 valence electrons. The van der Waals surface area contributed by atoms with Gasteiger partial charge in [-0.2, -0.15) is 0 Å². The lowest BCUT2D eigenvalue weighted by atomic mass is 9.95. The molecule has 0 atom stereocenters. The maximum Gasteiger partial charge on any atom is 0.115 e. The molecule has 0 heterocycles. The van der Waals surface area contributed by atoms with E-state index in [1.165, 1.54) is 0 Å². The molecule has 0 saturated carbocycles. The smallest absolute Gasteiger partial charge is 0.115 e. The zero-order chi connectivity index (χ0) is 7.49. The summed E-state index contributed by atoms with van der Waals surface area (Å²) in [6, 6.07) is 0. The molecule has 0 rings (SSSR count). The van der Waals surface area contributed by atoms with Gasteiger partial charge in [0, 0.05) is 12.5 Å². The van der Waals surface area contributed by atoms with E-state index in [-0.39, 0.29) is 5.41 Å². The van der Waals surface area contributed by atoms with Gasteiger partial charge in [-0.1, -0.05) is 20.8 Å². The largest absolute Gasteiger partial charge is 0.312 e. The predicted molar refractivity (Wildman–Crippen MR) is 40.1 cm³/mol. The van der Waals surface area contributed by atoms with Gasteiger partial charge in [0.05, 0.1) is 0 Å². The molecule has 0 aromatic heterocycles. The number of aliphatic imine (C=N–C) groups is 1. The third kappa shape index (κ3) is 2.46. The van der Waals surface area contributed by atoms with Crippen LogP contribution in [-0.4, -0.2) is 12.9 Å². The molecule has 9 heavy (non-hydrogen) atoms. The van der Waals surface area contributed by atoms with Crippen molar-refractivity contribution in [3.05, 3.63) is 0 Å². The maximum absolute atomic E-state index is 5.19. The van der Waals surface area contributed by atoms with Crippen molar-refractivity contribution in [3.8, 4) is 0 Å². The average molecular weight is 129 g/mol. The van der Waals surface area contributed by atoms with Crippen LogP contribution in [-0.2, 0) is 0 Å². The van der Waals surface area contributed by atoms with E-state index in [2.05, 4.69) is 31.2 Å². The van der Waals surface area contributed by atoms with Crippen molar-refractivity contribution in [2.24, 2.45) is 16.3 Å². The fourth-order valence-electron chi connectivity index (χ4n) is 0.616. The highest BCUT2D eigenvalue weighted by Crippen LogP contribution is 2.12. The summed E-state index contributed by atoms with van der Waals surface area (Å²) in [6.07, 6.45) is 0. The molecule has 3 heteroatoms. The lowest BCUT2D eigenvalue weighted by Crippen LogP contribution is -2.39. The van der Waals surface area contributed by atoms with Gasteiger partial charge in [-0.15, -0.1) is 0 Å². The highest BCUT2D eigenvalue weighted by atomic mass is 15.3. The Bertz CT molecular complexity index is 110. The average Bonchev–Trinajstić information content (AvgIpc) is 1.65. The lowest BCUT2D eigenvalue weighted by Gasteiger charge is -2.19. The van der Waals surface area contributed by atoms with Gasteiger partial charge < -0.3 is 5.43 Å². The van der Waals surface area contributed by atoms with Crippen LogP contribution in [0, 0.1) is 5.41 Å². The molecule has 0 aromatic carbocycles. The Labute approximate surface area is 56.3 Å². The summed E-state index contributed by atoms with van der Waals surface area (Å²) in [7, 11) is 1.72. The van der Waals surface area contributed by atoms with E-state index >= 15 is 0 Å². The van der Waals surface area contributed by atoms with Crippen LogP contribution in [0.1, 0.15) is 20.8 Å². The molecule has 0 bridgehead atoms. The fraction of sp³-hybridized carbons (Fsp3) is 0.833. The third-order valence-electron chi connectivity index (χ3n) is 1.07. The van der Waals surface area contributed by atoms with Crippen molar-refractivity contribution in [2.45, 2.75) is 20.8 Å². The van der Waals surface area contributed by atoms with E-state index in [1.54, 1.807) is 7.05 Å². The maximum atomic E-state index is 5.19. The number of hydrazine groups is 1. The van der Waals surface area contributed by atoms with Crippen LogP contribution in [0.3, 0.4) is 0 Å². The third-order valence-corrected chi connectivity index (χ3v) is 1.07. The van der Waals surface area contributed by atoms with Gasteiger partial charge in [0.1, 0.15) is 5.84 Å². The molecule has 3 nitrogen and oxygen atoms in total. The summed E-state index contributed by atoms with van der Waals surface area (Å²) in [5.74, 6) is 6.01. The normalized spacial score (nSPS) is 13.7. The fourth-order valence-corrected chi connectivity index (χ4v) is 0.616. The Morgan fingerprint density at radius 3 is 1.89 bits per heavy atom. The summed E-state index contributed by atoms with van der Waals surface area (Å²) in [6.45, 7) is 6.15. The van der Waals surface area contributed by atoms with Gasteiger partial charge in [-0.05, 0) is 0 Å². The molecular weight excluding hydrogens is 114 g/mol. The number of hydrogen-bond donors (Lipinski definition) is 2. The second kappa shape index (κ2) is 2.82. The van der Waals surface area contributed by atoms with Crippen LogP contribution >= 0.6 is 0 Å². The summed E-state index contributed by atoms with van der Waals surface area (Å²) in [5.41, 5.74) is 2.57. The first-order chi connectivity index (χ1) is 4.02. The molecule has 0 aromatic rings. The highest BCUT2D eigenvalue weighted by molar-refractivity contribution is 5.86. The molecule has 0 aliphatic rings. The van der Waals surface area contributed by atoms with Crippen LogP contribution in [0.5, 0.6) is 0 Å². The van der Waals surface area contributed by atoms with Crippen LogP contribution in [0.2, 0.25) is 0 Å².